The highest BCUT2D eigenvalue weighted by molar-refractivity contribution is 7.92. The van der Waals surface area contributed by atoms with Crippen LogP contribution in [0.2, 0.25) is 5.02 Å². The van der Waals surface area contributed by atoms with Crippen LogP contribution in [0.3, 0.4) is 0 Å². The Morgan fingerprint density at radius 1 is 1.03 bits per heavy atom. The molecular weight excluding hydrogens is 424 g/mol. The van der Waals surface area contributed by atoms with Crippen LogP contribution in [0.4, 0.5) is 11.4 Å². The van der Waals surface area contributed by atoms with Crippen LogP contribution in [-0.4, -0.2) is 27.1 Å². The molecule has 0 aromatic heterocycles. The fourth-order valence-corrected chi connectivity index (χ4v) is 3.76. The van der Waals surface area contributed by atoms with Gasteiger partial charge in [0.2, 0.25) is 15.9 Å². The lowest BCUT2D eigenvalue weighted by atomic mass is 10.2. The van der Waals surface area contributed by atoms with E-state index in [9.17, 15) is 13.2 Å². The number of nitrogens with zero attached hydrogens (tertiary/aromatic N) is 1. The number of carbonyl (C=O) groups is 1. The fourth-order valence-electron chi connectivity index (χ4n) is 2.74. The maximum Gasteiger partial charge on any atom is 0.245 e. The van der Waals surface area contributed by atoms with Crippen LogP contribution in [0, 0.1) is 6.92 Å². The minimum absolute atomic E-state index is 0.341. The lowest BCUT2D eigenvalue weighted by molar-refractivity contribution is -0.114. The summed E-state index contributed by atoms with van der Waals surface area (Å²) < 4.78 is 31.4. The first kappa shape index (κ1) is 21.7. The van der Waals surface area contributed by atoms with Gasteiger partial charge in [-0.2, -0.15) is 0 Å². The van der Waals surface area contributed by atoms with E-state index in [4.69, 9.17) is 16.3 Å². The zero-order chi connectivity index (χ0) is 21.7. The van der Waals surface area contributed by atoms with Crippen LogP contribution in [0.25, 0.3) is 0 Å². The van der Waals surface area contributed by atoms with Crippen molar-refractivity contribution in [2.75, 3.05) is 22.4 Å². The molecule has 0 saturated heterocycles. The molecule has 6 nitrogen and oxygen atoms in total. The molecule has 3 rings (SSSR count). The second kappa shape index (κ2) is 9.19. The van der Waals surface area contributed by atoms with E-state index in [1.54, 1.807) is 54.6 Å². The Morgan fingerprint density at radius 3 is 2.33 bits per heavy atom. The van der Waals surface area contributed by atoms with Gasteiger partial charge >= 0.3 is 0 Å². The minimum Gasteiger partial charge on any atom is -0.455 e. The van der Waals surface area contributed by atoms with Gasteiger partial charge < -0.3 is 10.1 Å². The molecular formula is C22H21ClN2O4S. The number of halogens is 1. The summed E-state index contributed by atoms with van der Waals surface area (Å²) >= 11 is 6.08. The van der Waals surface area contributed by atoms with Gasteiger partial charge in [-0.25, -0.2) is 8.42 Å². The summed E-state index contributed by atoms with van der Waals surface area (Å²) in [5.41, 5.74) is 1.73. The van der Waals surface area contributed by atoms with E-state index >= 15 is 0 Å². The molecule has 0 aliphatic heterocycles. The van der Waals surface area contributed by atoms with Crippen molar-refractivity contribution in [1.82, 2.24) is 0 Å². The minimum atomic E-state index is -3.67. The molecule has 0 spiro atoms. The highest BCUT2D eigenvalue weighted by Crippen LogP contribution is 2.32. The Balaban J connectivity index is 1.82. The molecule has 156 valence electrons. The van der Waals surface area contributed by atoms with Crippen molar-refractivity contribution in [3.05, 3.63) is 83.4 Å². The van der Waals surface area contributed by atoms with Gasteiger partial charge in [-0.3, -0.25) is 9.10 Å². The summed E-state index contributed by atoms with van der Waals surface area (Å²) in [6.07, 6.45) is 1.06. The lowest BCUT2D eigenvalue weighted by Gasteiger charge is -2.22. The Kier molecular flexibility index (Phi) is 6.64. The molecule has 0 bridgehead atoms. The molecule has 0 aliphatic rings. The molecule has 3 aromatic carbocycles. The van der Waals surface area contributed by atoms with Gasteiger partial charge in [0.1, 0.15) is 12.3 Å². The van der Waals surface area contributed by atoms with Crippen molar-refractivity contribution < 1.29 is 17.9 Å². The first-order valence-electron chi connectivity index (χ1n) is 9.09. The Labute approximate surface area is 181 Å². The highest BCUT2D eigenvalue weighted by atomic mass is 35.5. The maximum absolute atomic E-state index is 12.7. The van der Waals surface area contributed by atoms with Gasteiger partial charge in [-0.15, -0.1) is 0 Å². The molecule has 0 saturated carbocycles. The fraction of sp³-hybridized carbons (Fsp3) is 0.136. The number of aryl methyl sites for hydroxylation is 1. The molecule has 1 amide bonds. The number of carbonyl (C=O) groups excluding carboxylic acids is 1. The second-order valence-corrected chi connectivity index (χ2v) is 9.05. The van der Waals surface area contributed by atoms with Gasteiger partial charge in [0, 0.05) is 5.02 Å². The summed E-state index contributed by atoms with van der Waals surface area (Å²) in [7, 11) is -3.67. The van der Waals surface area contributed by atoms with E-state index in [1.807, 2.05) is 25.1 Å². The van der Waals surface area contributed by atoms with Crippen molar-refractivity contribution in [1.29, 1.82) is 0 Å². The van der Waals surface area contributed by atoms with Gasteiger partial charge in [0.25, 0.3) is 0 Å². The molecule has 8 heteroatoms. The summed E-state index contributed by atoms with van der Waals surface area (Å²) in [5, 5.41) is 3.11. The topological polar surface area (TPSA) is 75.7 Å². The number of hydrogen-bond acceptors (Lipinski definition) is 4. The lowest BCUT2D eigenvalue weighted by Crippen LogP contribution is -2.37. The van der Waals surface area contributed by atoms with Gasteiger partial charge in [0.05, 0.1) is 17.6 Å². The molecule has 0 fully saturated rings. The van der Waals surface area contributed by atoms with Crippen molar-refractivity contribution in [2.45, 2.75) is 6.92 Å². The summed E-state index contributed by atoms with van der Waals surface area (Å²) in [6.45, 7) is 1.51. The average molecular weight is 445 g/mol. The van der Waals surface area contributed by atoms with E-state index in [2.05, 4.69) is 5.32 Å². The molecule has 3 aromatic rings. The number of hydrogen-bond donors (Lipinski definition) is 1. The molecule has 1 N–H and O–H groups in total. The van der Waals surface area contributed by atoms with E-state index in [0.29, 0.717) is 27.9 Å². The monoisotopic (exact) mass is 444 g/mol. The number of ether oxygens (including phenoxy) is 1. The Hall–Kier alpha value is -3.03. The van der Waals surface area contributed by atoms with Crippen LogP contribution in [0.1, 0.15) is 5.56 Å². The van der Waals surface area contributed by atoms with Gasteiger partial charge in [-0.05, 0) is 49.4 Å². The number of nitrogens with one attached hydrogen (secondary N) is 1. The number of benzene rings is 3. The predicted octanol–water partition coefficient (Wildman–Crippen LogP) is 4.85. The zero-order valence-corrected chi connectivity index (χ0v) is 18.1. The first-order chi connectivity index (χ1) is 14.2. The Morgan fingerprint density at radius 2 is 1.70 bits per heavy atom. The van der Waals surface area contributed by atoms with E-state index in [-0.39, 0.29) is 6.54 Å². The molecule has 30 heavy (non-hydrogen) atoms. The Bertz CT molecular complexity index is 1130. The third-order valence-corrected chi connectivity index (χ3v) is 5.57. The first-order valence-corrected chi connectivity index (χ1v) is 11.3. The van der Waals surface area contributed by atoms with Crippen LogP contribution in [-0.2, 0) is 14.8 Å². The third-order valence-electron chi connectivity index (χ3n) is 4.20. The number of sulfonamides is 1. The molecule has 0 unspecified atom stereocenters. The van der Waals surface area contributed by atoms with Gasteiger partial charge in [0.15, 0.2) is 5.75 Å². The summed E-state index contributed by atoms with van der Waals surface area (Å²) in [4.78, 5) is 12.7. The highest BCUT2D eigenvalue weighted by Gasteiger charge is 2.21. The van der Waals surface area contributed by atoms with Crippen molar-refractivity contribution in [3.8, 4) is 11.5 Å². The van der Waals surface area contributed by atoms with Crippen molar-refractivity contribution >= 4 is 38.9 Å². The van der Waals surface area contributed by atoms with E-state index < -0.39 is 15.9 Å². The quantitative estimate of drug-likeness (QED) is 0.565. The number of para-hydroxylation sites is 1. The van der Waals surface area contributed by atoms with E-state index in [0.717, 1.165) is 16.1 Å². The molecule has 0 aliphatic carbocycles. The van der Waals surface area contributed by atoms with E-state index in [1.165, 1.54) is 0 Å². The number of rotatable bonds is 7. The average Bonchev–Trinajstić information content (AvgIpc) is 2.69. The summed E-state index contributed by atoms with van der Waals surface area (Å²) in [6, 6.07) is 20.8. The molecule has 0 atom stereocenters. The van der Waals surface area contributed by atoms with Crippen molar-refractivity contribution in [3.63, 3.8) is 0 Å². The number of anilines is 2. The second-order valence-electron chi connectivity index (χ2n) is 6.71. The number of amides is 1. The standard InChI is InChI=1S/C22H21ClN2O4S/c1-16-8-11-18(12-9-16)25(30(2,27)28)15-22(26)24-20-14-17(23)10-13-21(20)29-19-6-4-3-5-7-19/h3-14H,15H2,1-2H3,(H,24,26). The summed E-state index contributed by atoms with van der Waals surface area (Å²) in [5.74, 6) is 0.453. The molecule has 0 radical (unpaired) electrons. The molecule has 0 heterocycles. The van der Waals surface area contributed by atoms with Crippen LogP contribution in [0.15, 0.2) is 72.8 Å². The SMILES string of the molecule is Cc1ccc(N(CC(=O)Nc2cc(Cl)ccc2Oc2ccccc2)S(C)(=O)=O)cc1. The third kappa shape index (κ3) is 5.75. The van der Waals surface area contributed by atoms with Gasteiger partial charge in [-0.1, -0.05) is 47.5 Å². The largest absolute Gasteiger partial charge is 0.455 e. The maximum atomic E-state index is 12.7. The normalized spacial score (nSPS) is 11.0. The van der Waals surface area contributed by atoms with Crippen LogP contribution < -0.4 is 14.4 Å². The zero-order valence-electron chi connectivity index (χ0n) is 16.5. The smallest absolute Gasteiger partial charge is 0.245 e. The van der Waals surface area contributed by atoms with Crippen LogP contribution >= 0.6 is 11.6 Å². The van der Waals surface area contributed by atoms with Crippen molar-refractivity contribution in [2.24, 2.45) is 0 Å². The van der Waals surface area contributed by atoms with Crippen LogP contribution in [0.5, 0.6) is 11.5 Å². The predicted molar refractivity (Wildman–Crippen MR) is 120 cm³/mol.